The van der Waals surface area contributed by atoms with E-state index >= 15 is 0 Å². The maximum absolute atomic E-state index is 12.5. The average molecular weight is 502 g/mol. The Kier molecular flexibility index (Phi) is 6.10. The summed E-state index contributed by atoms with van der Waals surface area (Å²) >= 11 is 0. The minimum Gasteiger partial charge on any atom is -0.324 e. The number of benzene rings is 1. The molecule has 0 bridgehead atoms. The lowest BCUT2D eigenvalue weighted by atomic mass is 9.68. The van der Waals surface area contributed by atoms with Crippen molar-refractivity contribution in [1.29, 1.82) is 5.26 Å². The number of aryl methyl sites for hydroxylation is 1. The van der Waals surface area contributed by atoms with Crippen molar-refractivity contribution >= 4 is 35.8 Å². The van der Waals surface area contributed by atoms with Crippen LogP contribution >= 0.6 is 7.14 Å². The van der Waals surface area contributed by atoms with Gasteiger partial charge in [0.05, 0.1) is 6.20 Å². The minimum absolute atomic E-state index is 0.141. The number of anilines is 4. The molecule has 2 aliphatic rings. The van der Waals surface area contributed by atoms with Crippen LogP contribution in [0.1, 0.15) is 54.9 Å². The quantitative estimate of drug-likeness (QED) is 0.464. The lowest BCUT2D eigenvalue weighted by Gasteiger charge is -2.49. The molecule has 2 aromatic heterocycles. The van der Waals surface area contributed by atoms with Gasteiger partial charge in [0.15, 0.2) is 5.82 Å². The second-order valence-electron chi connectivity index (χ2n) is 10.7. The second-order valence-corrected chi connectivity index (χ2v) is 13.9. The molecule has 186 valence electrons. The Morgan fingerprint density at radius 2 is 1.94 bits per heavy atom. The van der Waals surface area contributed by atoms with E-state index in [4.69, 9.17) is 0 Å². The molecule has 1 atom stereocenters. The maximum Gasteiger partial charge on any atom is 0.229 e. The molecule has 1 aliphatic carbocycles. The zero-order valence-corrected chi connectivity index (χ0v) is 22.4. The zero-order valence-electron chi connectivity index (χ0n) is 21.5. The Balaban J connectivity index is 1.46. The lowest BCUT2D eigenvalue weighted by molar-refractivity contribution is 0.0910. The van der Waals surface area contributed by atoms with E-state index in [1.54, 1.807) is 31.5 Å². The molecular weight excluding hydrogens is 469 g/mol. The first-order valence-corrected chi connectivity index (χ1v) is 14.9. The molecule has 2 N–H and O–H groups in total. The summed E-state index contributed by atoms with van der Waals surface area (Å²) in [5, 5.41) is 16.1. The smallest absolute Gasteiger partial charge is 0.229 e. The van der Waals surface area contributed by atoms with Gasteiger partial charge in [0.1, 0.15) is 30.0 Å². The van der Waals surface area contributed by atoms with Gasteiger partial charge in [-0.1, -0.05) is 6.07 Å². The molecule has 0 saturated carbocycles. The number of rotatable bonds is 5. The average Bonchev–Trinajstić information content (AvgIpc) is 2.82. The summed E-state index contributed by atoms with van der Waals surface area (Å²) in [6.45, 7) is 8.97. The maximum atomic E-state index is 12.5. The van der Waals surface area contributed by atoms with Crippen LogP contribution in [0.3, 0.4) is 0 Å². The molecule has 0 radical (unpaired) electrons. The second kappa shape index (κ2) is 8.99. The number of likely N-dealkylation sites (N-methyl/N-ethyl adjacent to an activating group) is 1. The largest absolute Gasteiger partial charge is 0.324 e. The number of nitriles is 1. The van der Waals surface area contributed by atoms with Gasteiger partial charge in [-0.2, -0.15) is 10.2 Å². The summed E-state index contributed by atoms with van der Waals surface area (Å²) in [5.74, 6) is 1.76. The van der Waals surface area contributed by atoms with Gasteiger partial charge >= 0.3 is 0 Å². The van der Waals surface area contributed by atoms with Gasteiger partial charge in [-0.15, -0.1) is 0 Å². The minimum atomic E-state index is -2.52. The fraction of sp³-hybridized carbons (Fsp3) is 0.407. The number of hydrogen-bond donors (Lipinski definition) is 2. The topological polar surface area (TPSA) is 107 Å². The van der Waals surface area contributed by atoms with Crippen molar-refractivity contribution in [2.24, 2.45) is 0 Å². The van der Waals surface area contributed by atoms with Crippen molar-refractivity contribution in [1.82, 2.24) is 19.9 Å². The summed E-state index contributed by atoms with van der Waals surface area (Å²) in [6, 6.07) is 11.9. The lowest BCUT2D eigenvalue weighted by Crippen LogP contribution is -2.50. The Bertz CT molecular complexity index is 1420. The van der Waals surface area contributed by atoms with Crippen LogP contribution in [0.5, 0.6) is 0 Å². The van der Waals surface area contributed by atoms with Crippen LogP contribution in [0.25, 0.3) is 0 Å². The van der Waals surface area contributed by atoms with Crippen molar-refractivity contribution in [2.75, 3.05) is 31.0 Å². The monoisotopic (exact) mass is 501 g/mol. The van der Waals surface area contributed by atoms with Crippen LogP contribution < -0.4 is 16.1 Å². The SMILES string of the molecule is CN1Cc2cc(Nc3ncc(C#N)c(Nc4cccc(P(C)(C)=O)n4)n3)cc3c2[C@H](CCC3)C1(C)C. The molecule has 36 heavy (non-hydrogen) atoms. The standard InChI is InChI=1S/C27H32N7OP/c1-27(2)21-9-6-8-17-12-20(13-18(24(17)21)16-34(27)3)30-26-29-15-19(14-28)25(33-26)32-22-10-7-11-23(31-22)36(4,5)35/h7,10-13,15,21H,6,8-9,16H2,1-5H3,(H2,29,30,31,32,33)/t21-/m0/s1. The fourth-order valence-corrected chi connectivity index (χ4v) is 6.16. The molecule has 1 aliphatic heterocycles. The van der Waals surface area contributed by atoms with E-state index in [0.29, 0.717) is 34.5 Å². The predicted octanol–water partition coefficient (Wildman–Crippen LogP) is 5.12. The Hall–Kier alpha value is -3.27. The van der Waals surface area contributed by atoms with Gasteiger partial charge < -0.3 is 15.2 Å². The van der Waals surface area contributed by atoms with Crippen LogP contribution in [0.2, 0.25) is 0 Å². The van der Waals surface area contributed by atoms with Crippen molar-refractivity contribution in [3.8, 4) is 6.07 Å². The van der Waals surface area contributed by atoms with Gasteiger partial charge in [0, 0.05) is 23.7 Å². The Morgan fingerprint density at radius 3 is 2.69 bits per heavy atom. The summed E-state index contributed by atoms with van der Waals surface area (Å²) in [6.07, 6.45) is 4.99. The van der Waals surface area contributed by atoms with E-state index in [1.165, 1.54) is 35.7 Å². The van der Waals surface area contributed by atoms with Gasteiger partial charge in [-0.25, -0.2) is 9.97 Å². The Labute approximate surface area is 212 Å². The zero-order chi connectivity index (χ0) is 25.7. The molecule has 0 fully saturated rings. The number of nitrogens with zero attached hydrogens (tertiary/aromatic N) is 5. The third-order valence-corrected chi connectivity index (χ3v) is 8.93. The van der Waals surface area contributed by atoms with Crippen molar-refractivity contribution in [3.05, 3.63) is 58.8 Å². The molecule has 0 unspecified atom stereocenters. The summed E-state index contributed by atoms with van der Waals surface area (Å²) < 4.78 is 12.5. The summed E-state index contributed by atoms with van der Waals surface area (Å²) in [4.78, 5) is 15.9. The number of aromatic nitrogens is 3. The van der Waals surface area contributed by atoms with E-state index in [1.807, 2.05) is 0 Å². The third-order valence-electron chi connectivity index (χ3n) is 7.58. The molecule has 0 saturated heterocycles. The molecule has 1 aromatic carbocycles. The highest BCUT2D eigenvalue weighted by molar-refractivity contribution is 7.69. The highest BCUT2D eigenvalue weighted by Gasteiger charge is 2.42. The third kappa shape index (κ3) is 4.50. The van der Waals surface area contributed by atoms with E-state index in [0.717, 1.165) is 18.7 Å². The first-order valence-electron chi connectivity index (χ1n) is 12.3. The molecule has 0 amide bonds. The van der Waals surface area contributed by atoms with Gasteiger partial charge in [0.25, 0.3) is 0 Å². The van der Waals surface area contributed by atoms with Crippen LogP contribution in [0, 0.1) is 11.3 Å². The molecule has 8 nitrogen and oxygen atoms in total. The molecule has 3 heterocycles. The number of pyridine rings is 1. The summed E-state index contributed by atoms with van der Waals surface area (Å²) in [7, 11) is -0.312. The number of nitrogens with one attached hydrogen (secondary N) is 2. The van der Waals surface area contributed by atoms with Crippen LogP contribution in [-0.2, 0) is 17.5 Å². The van der Waals surface area contributed by atoms with Crippen LogP contribution in [-0.4, -0.2) is 45.8 Å². The van der Waals surface area contributed by atoms with Crippen molar-refractivity contribution in [3.63, 3.8) is 0 Å². The van der Waals surface area contributed by atoms with Crippen molar-refractivity contribution in [2.45, 2.75) is 51.1 Å². The van der Waals surface area contributed by atoms with Gasteiger partial charge in [0.2, 0.25) is 5.95 Å². The summed E-state index contributed by atoms with van der Waals surface area (Å²) in [5.41, 5.74) is 6.20. The van der Waals surface area contributed by atoms with E-state index in [9.17, 15) is 9.83 Å². The first-order chi connectivity index (χ1) is 17.1. The van der Waals surface area contributed by atoms with Crippen LogP contribution in [0.15, 0.2) is 36.5 Å². The van der Waals surface area contributed by atoms with E-state index < -0.39 is 7.14 Å². The normalized spacial score (nSPS) is 18.7. The molecule has 9 heteroatoms. The van der Waals surface area contributed by atoms with Crippen molar-refractivity contribution < 1.29 is 4.57 Å². The number of hydrogen-bond acceptors (Lipinski definition) is 8. The Morgan fingerprint density at radius 1 is 1.17 bits per heavy atom. The van der Waals surface area contributed by atoms with E-state index in [-0.39, 0.29) is 5.54 Å². The molecular formula is C27H32N7OP. The van der Waals surface area contributed by atoms with E-state index in [2.05, 4.69) is 69.6 Å². The highest BCUT2D eigenvalue weighted by atomic mass is 31.2. The molecule has 5 rings (SSSR count). The fourth-order valence-electron chi connectivity index (χ4n) is 5.37. The molecule has 3 aromatic rings. The van der Waals surface area contributed by atoms with Gasteiger partial charge in [-0.3, -0.25) is 4.90 Å². The molecule has 0 spiro atoms. The first kappa shape index (κ1) is 24.4. The highest BCUT2D eigenvalue weighted by Crippen LogP contribution is 2.48. The van der Waals surface area contributed by atoms with Gasteiger partial charge in [-0.05, 0) is 94.4 Å². The van der Waals surface area contributed by atoms with Crippen LogP contribution in [0.4, 0.5) is 23.3 Å². The predicted molar refractivity (Wildman–Crippen MR) is 144 cm³/mol.